The van der Waals surface area contributed by atoms with E-state index in [0.29, 0.717) is 0 Å². The molecule has 0 heterocycles. The third-order valence-corrected chi connectivity index (χ3v) is 4.25. The molecule has 0 bridgehead atoms. The maximum atomic E-state index is 13.1. The first kappa shape index (κ1) is 17.2. The molecule has 3 N–H and O–H groups in total. The third-order valence-electron chi connectivity index (χ3n) is 2.12. The first-order valence-corrected chi connectivity index (χ1v) is 7.61. The largest absolute Gasteiger partial charge is 0.398 e. The highest BCUT2D eigenvalue weighted by Gasteiger charge is 2.19. The number of nitrogen functional groups attached to an aromatic ring is 1. The monoisotopic (exact) mass is 376 g/mol. The van der Waals surface area contributed by atoms with Gasteiger partial charge in [0.1, 0.15) is 17.3 Å². The molecule has 20 heavy (non-hydrogen) atoms. The number of alkyl halides is 2. The van der Waals surface area contributed by atoms with Gasteiger partial charge in [-0.2, -0.15) is 0 Å². The van der Waals surface area contributed by atoms with Crippen molar-refractivity contribution in [3.8, 4) is 0 Å². The second-order valence-corrected chi connectivity index (χ2v) is 6.26. The van der Waals surface area contributed by atoms with E-state index in [1.165, 1.54) is 0 Å². The number of rotatable bonds is 7. The number of anilines is 1. The van der Waals surface area contributed by atoms with Crippen LogP contribution in [0.25, 0.3) is 0 Å². The maximum absolute atomic E-state index is 13.1. The molecule has 0 atom stereocenters. The van der Waals surface area contributed by atoms with Gasteiger partial charge >= 0.3 is 0 Å². The number of nitrogens with one attached hydrogen (secondary N) is 1. The minimum absolute atomic E-state index is 0.0546. The number of halogens is 4. The Kier molecular flexibility index (Phi) is 6.24. The van der Waals surface area contributed by atoms with E-state index in [1.807, 2.05) is 0 Å². The summed E-state index contributed by atoms with van der Waals surface area (Å²) >= 11 is 2.85. The van der Waals surface area contributed by atoms with Gasteiger partial charge in [-0.3, -0.25) is 0 Å². The zero-order chi connectivity index (χ0) is 15.3. The van der Waals surface area contributed by atoms with Crippen LogP contribution in [0.2, 0.25) is 0 Å². The van der Waals surface area contributed by atoms with Crippen LogP contribution in [-0.2, 0) is 14.8 Å². The number of sulfonamides is 1. The van der Waals surface area contributed by atoms with Crippen molar-refractivity contribution in [2.75, 3.05) is 25.5 Å². The van der Waals surface area contributed by atoms with Gasteiger partial charge in [0.25, 0.3) is 6.43 Å². The smallest absolute Gasteiger partial charge is 0.261 e. The highest BCUT2D eigenvalue weighted by Crippen LogP contribution is 2.25. The number of benzene rings is 1. The maximum Gasteiger partial charge on any atom is 0.261 e. The highest BCUT2D eigenvalue weighted by molar-refractivity contribution is 9.10. The topological polar surface area (TPSA) is 81.4 Å². The van der Waals surface area contributed by atoms with Crippen molar-refractivity contribution in [1.82, 2.24) is 4.72 Å². The van der Waals surface area contributed by atoms with Crippen LogP contribution in [0.1, 0.15) is 0 Å². The number of hydrogen-bond donors (Lipinski definition) is 2. The molecule has 1 aromatic rings. The Morgan fingerprint density at radius 1 is 1.40 bits per heavy atom. The molecule has 0 aliphatic heterocycles. The molecule has 0 radical (unpaired) electrons. The Labute approximate surface area is 122 Å². The molecule has 0 amide bonds. The summed E-state index contributed by atoms with van der Waals surface area (Å²) in [6.07, 6.45) is -2.62. The molecule has 1 aromatic carbocycles. The zero-order valence-corrected chi connectivity index (χ0v) is 12.5. The summed E-state index contributed by atoms with van der Waals surface area (Å²) in [5.74, 6) is -0.693. The van der Waals surface area contributed by atoms with Gasteiger partial charge in [-0.25, -0.2) is 26.3 Å². The van der Waals surface area contributed by atoms with E-state index < -0.39 is 28.9 Å². The van der Waals surface area contributed by atoms with Gasteiger partial charge in [-0.15, -0.1) is 0 Å². The van der Waals surface area contributed by atoms with Crippen LogP contribution >= 0.6 is 15.9 Å². The lowest BCUT2D eigenvalue weighted by molar-refractivity contribution is 0.0199. The molecule has 0 saturated heterocycles. The molecular formula is C10H12BrF3N2O3S. The Bertz CT molecular complexity index is 569. The second kappa shape index (κ2) is 7.25. The molecule has 0 fully saturated rings. The normalized spacial score (nSPS) is 12.1. The Morgan fingerprint density at radius 2 is 2.05 bits per heavy atom. The lowest BCUT2D eigenvalue weighted by Crippen LogP contribution is -2.28. The molecule has 114 valence electrons. The van der Waals surface area contributed by atoms with E-state index >= 15 is 0 Å². The molecular weight excluding hydrogens is 365 g/mol. The van der Waals surface area contributed by atoms with Crippen LogP contribution in [0.15, 0.2) is 21.5 Å². The Hall–Kier alpha value is -0.840. The Balaban J connectivity index is 2.68. The fraction of sp³-hybridized carbons (Fsp3) is 0.400. The minimum Gasteiger partial charge on any atom is -0.398 e. The van der Waals surface area contributed by atoms with Gasteiger partial charge in [0.05, 0.1) is 16.8 Å². The van der Waals surface area contributed by atoms with E-state index in [2.05, 4.69) is 25.4 Å². The Morgan fingerprint density at radius 3 is 2.65 bits per heavy atom. The molecule has 0 aliphatic rings. The molecule has 1 rings (SSSR count). The van der Waals surface area contributed by atoms with Crippen molar-refractivity contribution in [2.45, 2.75) is 11.3 Å². The first-order valence-electron chi connectivity index (χ1n) is 5.34. The average Bonchev–Trinajstić information content (AvgIpc) is 2.32. The number of hydrogen-bond acceptors (Lipinski definition) is 4. The molecule has 0 aromatic heterocycles. The summed E-state index contributed by atoms with van der Waals surface area (Å²) in [6, 6.07) is 1.89. The van der Waals surface area contributed by atoms with Gasteiger partial charge in [-0.05, 0) is 28.1 Å². The lowest BCUT2D eigenvalue weighted by Gasteiger charge is -2.10. The predicted molar refractivity (Wildman–Crippen MR) is 70.5 cm³/mol. The molecule has 10 heteroatoms. The van der Waals surface area contributed by atoms with Crippen molar-refractivity contribution in [3.63, 3.8) is 0 Å². The van der Waals surface area contributed by atoms with Crippen LogP contribution in [-0.4, -0.2) is 34.6 Å². The summed E-state index contributed by atoms with van der Waals surface area (Å²) in [5.41, 5.74) is 5.18. The van der Waals surface area contributed by atoms with Crippen molar-refractivity contribution in [3.05, 3.63) is 22.4 Å². The van der Waals surface area contributed by atoms with Crippen LogP contribution in [0.3, 0.4) is 0 Å². The zero-order valence-electron chi connectivity index (χ0n) is 10.1. The minimum atomic E-state index is -3.97. The van der Waals surface area contributed by atoms with Crippen LogP contribution < -0.4 is 10.5 Å². The summed E-state index contributed by atoms with van der Waals surface area (Å²) in [7, 11) is -3.97. The first-order chi connectivity index (χ1) is 9.24. The van der Waals surface area contributed by atoms with Crippen molar-refractivity contribution < 1.29 is 26.3 Å². The number of nitrogens with two attached hydrogens (primary N) is 1. The van der Waals surface area contributed by atoms with E-state index in [4.69, 9.17) is 5.73 Å². The molecule has 0 aliphatic carbocycles. The average molecular weight is 377 g/mol. The predicted octanol–water partition coefficient (Wildman–Crippen LogP) is 1.73. The van der Waals surface area contributed by atoms with E-state index in [9.17, 15) is 21.6 Å². The lowest BCUT2D eigenvalue weighted by atomic mass is 10.3. The standard InChI is InChI=1S/C10H12BrF3N2O3S/c11-6-3-9(8(15)4-7(6)12)20(17,18)16-1-2-19-5-10(13)14/h3-4,10,16H,1-2,5,15H2. The number of ether oxygens (including phenoxy) is 1. The van der Waals surface area contributed by atoms with Crippen LogP contribution in [0, 0.1) is 5.82 Å². The van der Waals surface area contributed by atoms with Crippen molar-refractivity contribution in [2.24, 2.45) is 0 Å². The summed E-state index contributed by atoms with van der Waals surface area (Å²) < 4.78 is 67.0. The third kappa shape index (κ3) is 4.93. The SMILES string of the molecule is Nc1cc(F)c(Br)cc1S(=O)(=O)NCCOCC(F)F. The second-order valence-electron chi connectivity index (χ2n) is 3.67. The van der Waals surface area contributed by atoms with E-state index in [1.54, 1.807) is 0 Å². The fourth-order valence-electron chi connectivity index (χ4n) is 1.28. The van der Waals surface area contributed by atoms with Gasteiger partial charge in [0, 0.05) is 6.54 Å². The summed E-state index contributed by atoms with van der Waals surface area (Å²) in [6.45, 7) is -1.19. The van der Waals surface area contributed by atoms with Gasteiger partial charge in [-0.1, -0.05) is 0 Å². The molecule has 5 nitrogen and oxygen atoms in total. The van der Waals surface area contributed by atoms with Gasteiger partial charge in [0.2, 0.25) is 10.0 Å². The highest BCUT2D eigenvalue weighted by atomic mass is 79.9. The van der Waals surface area contributed by atoms with Crippen molar-refractivity contribution >= 4 is 31.6 Å². The van der Waals surface area contributed by atoms with E-state index in [-0.39, 0.29) is 28.2 Å². The molecule has 0 unspecified atom stereocenters. The summed E-state index contributed by atoms with van der Waals surface area (Å²) in [5, 5.41) is 0. The van der Waals surface area contributed by atoms with Gasteiger partial charge in [0.15, 0.2) is 0 Å². The van der Waals surface area contributed by atoms with Crippen LogP contribution in [0.4, 0.5) is 18.9 Å². The van der Waals surface area contributed by atoms with E-state index in [0.717, 1.165) is 12.1 Å². The fourth-order valence-corrected chi connectivity index (χ4v) is 2.92. The van der Waals surface area contributed by atoms with Gasteiger partial charge < -0.3 is 10.5 Å². The molecule has 0 saturated carbocycles. The van der Waals surface area contributed by atoms with Crippen LogP contribution in [0.5, 0.6) is 0 Å². The quantitative estimate of drug-likeness (QED) is 0.560. The van der Waals surface area contributed by atoms with Crippen molar-refractivity contribution in [1.29, 1.82) is 0 Å². The summed E-state index contributed by atoms with van der Waals surface area (Å²) in [4.78, 5) is -0.306. The molecule has 0 spiro atoms.